The van der Waals surface area contributed by atoms with Crippen LogP contribution in [0.2, 0.25) is 0 Å². The molecule has 0 saturated heterocycles. The molecular weight excluding hydrogens is 392 g/mol. The molecule has 0 aliphatic heterocycles. The lowest BCUT2D eigenvalue weighted by atomic mass is 9.94. The predicted molar refractivity (Wildman–Crippen MR) is 141 cm³/mol. The number of Topliss-reactive ketones (excluding diaryl/α,β-unsaturated/α-hetero) is 1. The molecule has 0 spiro atoms. The molecule has 1 unspecified atom stereocenters. The van der Waals surface area contributed by atoms with Gasteiger partial charge in [0, 0.05) is 6.42 Å². The Morgan fingerprint density at radius 3 is 1.47 bits per heavy atom. The van der Waals surface area contributed by atoms with Crippen LogP contribution in [0.3, 0.4) is 0 Å². The van der Waals surface area contributed by atoms with Crippen molar-refractivity contribution in [2.24, 2.45) is 5.92 Å². The molecule has 0 aromatic rings. The van der Waals surface area contributed by atoms with Gasteiger partial charge >= 0.3 is 0 Å². The normalized spacial score (nSPS) is 12.4. The Hall–Kier alpha value is -0.920. The number of hydrogen-bond acceptors (Lipinski definition) is 2. The second kappa shape index (κ2) is 26.3. The summed E-state index contributed by atoms with van der Waals surface area (Å²) in [5, 5.41) is 0. The Morgan fingerprint density at radius 2 is 1.00 bits per heavy atom. The van der Waals surface area contributed by atoms with Gasteiger partial charge in [-0.15, -0.1) is 0 Å². The van der Waals surface area contributed by atoms with Crippen molar-refractivity contribution in [3.8, 4) is 0 Å². The highest BCUT2D eigenvalue weighted by Gasteiger charge is 2.17. The SMILES string of the molecule is CCCCCCCC/C=C\CCCCCCC([C]=O)C(=O)CCCCCCCCCCC. The fourth-order valence-electron chi connectivity index (χ4n) is 4.31. The summed E-state index contributed by atoms with van der Waals surface area (Å²) in [5.41, 5.74) is 0. The Kier molecular flexibility index (Phi) is 25.6. The van der Waals surface area contributed by atoms with Crippen molar-refractivity contribution < 1.29 is 9.59 Å². The summed E-state index contributed by atoms with van der Waals surface area (Å²) in [6, 6.07) is 0. The van der Waals surface area contributed by atoms with Crippen molar-refractivity contribution in [1.29, 1.82) is 0 Å². The van der Waals surface area contributed by atoms with Crippen LogP contribution in [-0.4, -0.2) is 12.1 Å². The number of allylic oxidation sites excluding steroid dienone is 2. The topological polar surface area (TPSA) is 34.1 Å². The van der Waals surface area contributed by atoms with Gasteiger partial charge in [-0.05, 0) is 38.5 Å². The van der Waals surface area contributed by atoms with Gasteiger partial charge in [-0.25, -0.2) is 0 Å². The second-order valence-corrected chi connectivity index (χ2v) is 9.73. The number of carbonyl (C=O) groups excluding carboxylic acids is 2. The molecule has 187 valence electrons. The minimum absolute atomic E-state index is 0.126. The van der Waals surface area contributed by atoms with E-state index in [1.54, 1.807) is 0 Å². The lowest BCUT2D eigenvalue weighted by Gasteiger charge is -2.08. The Labute approximate surface area is 201 Å². The van der Waals surface area contributed by atoms with E-state index < -0.39 is 5.92 Å². The van der Waals surface area contributed by atoms with Crippen LogP contribution in [0, 0.1) is 5.92 Å². The third-order valence-corrected chi connectivity index (χ3v) is 6.56. The fraction of sp³-hybridized carbons (Fsp3) is 0.867. The van der Waals surface area contributed by atoms with Crippen molar-refractivity contribution in [2.75, 3.05) is 0 Å². The minimum Gasteiger partial charge on any atom is -0.299 e. The maximum Gasteiger partial charge on any atom is 0.209 e. The van der Waals surface area contributed by atoms with Gasteiger partial charge in [-0.3, -0.25) is 9.59 Å². The van der Waals surface area contributed by atoms with Gasteiger partial charge in [-0.2, -0.15) is 0 Å². The van der Waals surface area contributed by atoms with E-state index in [0.717, 1.165) is 32.1 Å². The van der Waals surface area contributed by atoms with Crippen LogP contribution in [-0.2, 0) is 9.59 Å². The van der Waals surface area contributed by atoms with Crippen LogP contribution < -0.4 is 0 Å². The Morgan fingerprint density at radius 1 is 0.594 bits per heavy atom. The van der Waals surface area contributed by atoms with E-state index >= 15 is 0 Å². The first-order valence-corrected chi connectivity index (χ1v) is 14.3. The van der Waals surface area contributed by atoms with Crippen LogP contribution in [0.1, 0.15) is 162 Å². The first kappa shape index (κ1) is 31.1. The zero-order valence-electron chi connectivity index (χ0n) is 21.8. The van der Waals surface area contributed by atoms with Gasteiger partial charge in [0.15, 0.2) is 0 Å². The zero-order chi connectivity index (χ0) is 23.5. The molecule has 0 saturated carbocycles. The number of hydrogen-bond donors (Lipinski definition) is 0. The molecule has 0 aromatic carbocycles. The van der Waals surface area contributed by atoms with Crippen molar-refractivity contribution in [3.63, 3.8) is 0 Å². The van der Waals surface area contributed by atoms with E-state index in [4.69, 9.17) is 0 Å². The van der Waals surface area contributed by atoms with Gasteiger partial charge in [-0.1, -0.05) is 129 Å². The summed E-state index contributed by atoms with van der Waals surface area (Å²) in [7, 11) is 0. The molecule has 0 aliphatic rings. The van der Waals surface area contributed by atoms with Crippen LogP contribution in [0.4, 0.5) is 0 Å². The smallest absolute Gasteiger partial charge is 0.209 e. The van der Waals surface area contributed by atoms with Gasteiger partial charge in [0.25, 0.3) is 0 Å². The van der Waals surface area contributed by atoms with Gasteiger partial charge in [0.2, 0.25) is 6.29 Å². The molecule has 0 fully saturated rings. The van der Waals surface area contributed by atoms with Crippen LogP contribution in [0.15, 0.2) is 12.2 Å². The second-order valence-electron chi connectivity index (χ2n) is 9.73. The zero-order valence-corrected chi connectivity index (χ0v) is 21.8. The standard InChI is InChI=1S/C30H55O2/c1-3-5-7-9-11-13-14-15-16-17-19-20-22-24-26-29(28-31)30(32)27-25-23-21-18-12-10-8-6-4-2/h15-16,29H,3-14,17-27H2,1-2H3/b16-15-. The van der Waals surface area contributed by atoms with Crippen LogP contribution in [0.25, 0.3) is 0 Å². The number of rotatable bonds is 26. The van der Waals surface area contributed by atoms with Crippen molar-refractivity contribution >= 4 is 12.1 Å². The summed E-state index contributed by atoms with van der Waals surface area (Å²) >= 11 is 0. The molecule has 0 N–H and O–H groups in total. The molecule has 0 aromatic heterocycles. The highest BCUT2D eigenvalue weighted by Crippen LogP contribution is 2.16. The van der Waals surface area contributed by atoms with E-state index in [-0.39, 0.29) is 5.78 Å². The molecule has 32 heavy (non-hydrogen) atoms. The van der Waals surface area contributed by atoms with E-state index in [1.807, 2.05) is 6.29 Å². The summed E-state index contributed by atoms with van der Waals surface area (Å²) in [6.45, 7) is 4.51. The van der Waals surface area contributed by atoms with Gasteiger partial charge in [0.05, 0.1) is 5.92 Å². The molecule has 2 heteroatoms. The molecule has 0 rings (SSSR count). The quantitative estimate of drug-likeness (QED) is 0.0750. The highest BCUT2D eigenvalue weighted by atomic mass is 16.1. The van der Waals surface area contributed by atoms with Crippen molar-refractivity contribution in [2.45, 2.75) is 162 Å². The van der Waals surface area contributed by atoms with Crippen LogP contribution >= 0.6 is 0 Å². The average Bonchev–Trinajstić information content (AvgIpc) is 2.80. The third-order valence-electron chi connectivity index (χ3n) is 6.56. The van der Waals surface area contributed by atoms with Crippen molar-refractivity contribution in [1.82, 2.24) is 0 Å². The van der Waals surface area contributed by atoms with E-state index in [1.165, 1.54) is 103 Å². The lowest BCUT2D eigenvalue weighted by molar-refractivity contribution is -0.121. The molecule has 2 nitrogen and oxygen atoms in total. The van der Waals surface area contributed by atoms with E-state index in [9.17, 15) is 9.59 Å². The minimum atomic E-state index is -0.471. The Bertz CT molecular complexity index is 427. The average molecular weight is 448 g/mol. The number of carbonyl (C=O) groups is 1. The highest BCUT2D eigenvalue weighted by molar-refractivity contribution is 5.93. The predicted octanol–water partition coefficient (Wildman–Crippen LogP) is 9.85. The molecule has 0 aliphatic carbocycles. The third kappa shape index (κ3) is 22.3. The largest absolute Gasteiger partial charge is 0.299 e. The van der Waals surface area contributed by atoms with Crippen LogP contribution in [0.5, 0.6) is 0 Å². The monoisotopic (exact) mass is 447 g/mol. The van der Waals surface area contributed by atoms with Gasteiger partial charge < -0.3 is 0 Å². The summed E-state index contributed by atoms with van der Waals surface area (Å²) in [5.74, 6) is -0.346. The molecule has 1 radical (unpaired) electrons. The Balaban J connectivity index is 3.51. The maximum absolute atomic E-state index is 12.3. The first-order valence-electron chi connectivity index (χ1n) is 14.3. The maximum atomic E-state index is 12.3. The summed E-state index contributed by atoms with van der Waals surface area (Å²) < 4.78 is 0. The van der Waals surface area contributed by atoms with E-state index in [0.29, 0.717) is 12.8 Å². The van der Waals surface area contributed by atoms with Gasteiger partial charge in [0.1, 0.15) is 5.78 Å². The fourth-order valence-corrected chi connectivity index (χ4v) is 4.31. The summed E-state index contributed by atoms with van der Waals surface area (Å²) in [4.78, 5) is 23.5. The molecule has 0 amide bonds. The number of unbranched alkanes of at least 4 members (excludes halogenated alkanes) is 18. The molecule has 0 bridgehead atoms. The molecule has 1 atom stereocenters. The first-order chi connectivity index (χ1) is 15.8. The summed E-state index contributed by atoms with van der Waals surface area (Å²) in [6.07, 6.45) is 34.3. The molecule has 0 heterocycles. The lowest BCUT2D eigenvalue weighted by Crippen LogP contribution is -2.15. The molecular formula is C30H55O2. The van der Waals surface area contributed by atoms with E-state index in [2.05, 4.69) is 26.0 Å². The van der Waals surface area contributed by atoms with Crippen molar-refractivity contribution in [3.05, 3.63) is 12.2 Å². The number of ketones is 1.